The molecule has 0 unspecified atom stereocenters. The molecule has 1 rings (SSSR count). The summed E-state index contributed by atoms with van der Waals surface area (Å²) in [6.07, 6.45) is 0. The molecule has 1 aromatic rings. The van der Waals surface area contributed by atoms with Gasteiger partial charge in [-0.15, -0.1) is 11.3 Å². The van der Waals surface area contributed by atoms with Crippen LogP contribution in [0.2, 0.25) is 0 Å². The average Bonchev–Trinajstić information content (AvgIpc) is 2.58. The zero-order chi connectivity index (χ0) is 8.97. The van der Waals surface area contributed by atoms with Crippen LogP contribution in [0.25, 0.3) is 0 Å². The number of hydrogen-bond acceptors (Lipinski definition) is 5. The molecule has 0 fully saturated rings. The van der Waals surface area contributed by atoms with Gasteiger partial charge in [0.05, 0.1) is 4.88 Å². The van der Waals surface area contributed by atoms with E-state index in [0.29, 0.717) is 11.4 Å². The third-order valence-corrected chi connectivity index (χ3v) is 2.22. The van der Waals surface area contributed by atoms with E-state index in [1.54, 1.807) is 13.0 Å². The van der Waals surface area contributed by atoms with Gasteiger partial charge in [-0.25, -0.2) is 0 Å². The van der Waals surface area contributed by atoms with Crippen molar-refractivity contribution in [3.05, 3.63) is 22.4 Å². The Kier molecular flexibility index (Phi) is 2.82. The summed E-state index contributed by atoms with van der Waals surface area (Å²) >= 11 is 1.42. The molecule has 0 atom stereocenters. The van der Waals surface area contributed by atoms with Gasteiger partial charge in [-0.05, 0) is 18.4 Å². The lowest BCUT2D eigenvalue weighted by Crippen LogP contribution is -2.10. The van der Waals surface area contributed by atoms with Gasteiger partial charge < -0.3 is 10.4 Å². The predicted molar refractivity (Wildman–Crippen MR) is 47.5 cm³/mol. The van der Waals surface area contributed by atoms with Crippen molar-refractivity contribution in [1.29, 1.82) is 0 Å². The molecule has 2 N–H and O–H groups in total. The summed E-state index contributed by atoms with van der Waals surface area (Å²) in [4.78, 5) is 0.771. The maximum Gasteiger partial charge on any atom is 0.144 e. The molecule has 0 aromatic carbocycles. The van der Waals surface area contributed by atoms with Gasteiger partial charge in [0, 0.05) is 0 Å². The number of thiophene rings is 1. The molecule has 1 heterocycles. The summed E-state index contributed by atoms with van der Waals surface area (Å²) in [6, 6.07) is 3.62. The van der Waals surface area contributed by atoms with E-state index >= 15 is 0 Å². The van der Waals surface area contributed by atoms with Crippen LogP contribution in [0.3, 0.4) is 0 Å². The summed E-state index contributed by atoms with van der Waals surface area (Å²) in [6.45, 7) is 1.56. The molecule has 0 amide bonds. The topological polar surface area (TPSA) is 65.2 Å². The molecule has 4 nitrogen and oxygen atoms in total. The van der Waals surface area contributed by atoms with Crippen LogP contribution in [0.4, 0.5) is 0 Å². The van der Waals surface area contributed by atoms with E-state index in [1.165, 1.54) is 11.3 Å². The predicted octanol–water partition coefficient (Wildman–Crippen LogP) is 1.78. The Balaban J connectivity index is 3.01. The summed E-state index contributed by atoms with van der Waals surface area (Å²) < 4.78 is 0. The number of rotatable bonds is 2. The van der Waals surface area contributed by atoms with E-state index in [4.69, 9.17) is 10.4 Å². The molecule has 1 aromatic heterocycles. The van der Waals surface area contributed by atoms with Crippen LogP contribution < -0.4 is 0 Å². The first-order valence-corrected chi connectivity index (χ1v) is 4.12. The van der Waals surface area contributed by atoms with Crippen LogP contribution in [0.5, 0.6) is 0 Å². The lowest BCUT2D eigenvalue weighted by molar-refractivity contribution is 0.314. The molecule has 0 saturated carbocycles. The highest BCUT2D eigenvalue weighted by molar-refractivity contribution is 7.13. The van der Waals surface area contributed by atoms with Crippen molar-refractivity contribution in [3.8, 4) is 0 Å². The molecule has 64 valence electrons. The quantitative estimate of drug-likeness (QED) is 0.418. The maximum atomic E-state index is 8.60. The molecule has 0 saturated heterocycles. The van der Waals surface area contributed by atoms with E-state index in [2.05, 4.69) is 10.3 Å². The Bertz CT molecular complexity index is 303. The lowest BCUT2D eigenvalue weighted by Gasteiger charge is -1.96. The fourth-order valence-corrected chi connectivity index (χ4v) is 1.52. The third-order valence-electron chi connectivity index (χ3n) is 1.35. The second-order valence-electron chi connectivity index (χ2n) is 2.11. The van der Waals surface area contributed by atoms with Gasteiger partial charge >= 0.3 is 0 Å². The summed E-state index contributed by atoms with van der Waals surface area (Å²) in [7, 11) is 0. The molecule has 0 aliphatic heterocycles. The fraction of sp³-hybridized carbons (Fsp3) is 0.143. The summed E-state index contributed by atoms with van der Waals surface area (Å²) in [5.41, 5.74) is 0.590. The van der Waals surface area contributed by atoms with E-state index in [-0.39, 0.29) is 0 Å². The van der Waals surface area contributed by atoms with Crippen molar-refractivity contribution in [1.82, 2.24) is 0 Å². The Hall–Kier alpha value is -1.36. The van der Waals surface area contributed by atoms with Crippen LogP contribution in [-0.4, -0.2) is 21.8 Å². The van der Waals surface area contributed by atoms with Crippen molar-refractivity contribution in [2.75, 3.05) is 0 Å². The Labute approximate surface area is 73.5 Å². The lowest BCUT2D eigenvalue weighted by atomic mass is 10.2. The smallest absolute Gasteiger partial charge is 0.144 e. The van der Waals surface area contributed by atoms with Crippen LogP contribution in [0.1, 0.15) is 11.8 Å². The van der Waals surface area contributed by atoms with Gasteiger partial charge in [-0.3, -0.25) is 0 Å². The highest BCUT2D eigenvalue weighted by atomic mass is 32.1. The Morgan fingerprint density at radius 2 is 2.17 bits per heavy atom. The zero-order valence-electron chi connectivity index (χ0n) is 6.43. The second-order valence-corrected chi connectivity index (χ2v) is 3.06. The molecule has 0 aliphatic carbocycles. The molecule has 0 radical (unpaired) electrons. The first-order valence-electron chi connectivity index (χ1n) is 3.24. The molecule has 0 spiro atoms. The minimum Gasteiger partial charge on any atom is -0.411 e. The standard InChI is InChI=1S/C7H8N2O2S/c1-5(8-10)7(9-11)6-3-2-4-12-6/h2-4,10-11H,1H3/b8-5+,9-7+. The van der Waals surface area contributed by atoms with Crippen molar-refractivity contribution in [2.24, 2.45) is 10.3 Å². The molecule has 0 aliphatic rings. The third kappa shape index (κ3) is 1.62. The van der Waals surface area contributed by atoms with Gasteiger partial charge in [0.25, 0.3) is 0 Å². The van der Waals surface area contributed by atoms with E-state index in [1.807, 2.05) is 11.4 Å². The van der Waals surface area contributed by atoms with Crippen LogP contribution in [0.15, 0.2) is 27.8 Å². The van der Waals surface area contributed by atoms with Gasteiger partial charge in [0.1, 0.15) is 11.4 Å². The van der Waals surface area contributed by atoms with Crippen LogP contribution in [0, 0.1) is 0 Å². The number of hydrogen-bond donors (Lipinski definition) is 2. The Morgan fingerprint density at radius 3 is 2.58 bits per heavy atom. The SMILES string of the molecule is CC(=N\O)/C(=N\O)c1cccs1. The number of oxime groups is 2. The molecular formula is C7H8N2O2S. The molecular weight excluding hydrogens is 176 g/mol. The Morgan fingerprint density at radius 1 is 1.42 bits per heavy atom. The maximum absolute atomic E-state index is 8.60. The number of nitrogens with zero attached hydrogens (tertiary/aromatic N) is 2. The monoisotopic (exact) mass is 184 g/mol. The van der Waals surface area contributed by atoms with Crippen molar-refractivity contribution in [2.45, 2.75) is 6.92 Å². The zero-order valence-corrected chi connectivity index (χ0v) is 7.25. The minimum absolute atomic E-state index is 0.292. The van der Waals surface area contributed by atoms with E-state index in [0.717, 1.165) is 4.88 Å². The highest BCUT2D eigenvalue weighted by Gasteiger charge is 2.08. The van der Waals surface area contributed by atoms with E-state index < -0.39 is 0 Å². The van der Waals surface area contributed by atoms with Crippen molar-refractivity contribution < 1.29 is 10.4 Å². The van der Waals surface area contributed by atoms with Gasteiger partial charge in [0.15, 0.2) is 0 Å². The second kappa shape index (κ2) is 3.87. The highest BCUT2D eigenvalue weighted by Crippen LogP contribution is 2.10. The fourth-order valence-electron chi connectivity index (χ4n) is 0.761. The summed E-state index contributed by atoms with van der Waals surface area (Å²) in [5, 5.41) is 24.9. The largest absolute Gasteiger partial charge is 0.411 e. The first kappa shape index (κ1) is 8.73. The van der Waals surface area contributed by atoms with Crippen molar-refractivity contribution >= 4 is 22.8 Å². The summed E-state index contributed by atoms with van der Waals surface area (Å²) in [5.74, 6) is 0. The van der Waals surface area contributed by atoms with E-state index in [9.17, 15) is 0 Å². The normalized spacial score (nSPS) is 13.4. The first-order chi connectivity index (χ1) is 5.79. The van der Waals surface area contributed by atoms with Gasteiger partial charge in [0.2, 0.25) is 0 Å². The van der Waals surface area contributed by atoms with Crippen LogP contribution in [-0.2, 0) is 0 Å². The van der Waals surface area contributed by atoms with Gasteiger partial charge in [-0.2, -0.15) is 0 Å². The van der Waals surface area contributed by atoms with Crippen molar-refractivity contribution in [3.63, 3.8) is 0 Å². The average molecular weight is 184 g/mol. The molecule has 5 heteroatoms. The molecule has 0 bridgehead atoms. The minimum atomic E-state index is 0.292. The van der Waals surface area contributed by atoms with Crippen LogP contribution >= 0.6 is 11.3 Å². The van der Waals surface area contributed by atoms with Gasteiger partial charge in [-0.1, -0.05) is 16.4 Å². The molecule has 12 heavy (non-hydrogen) atoms.